The van der Waals surface area contributed by atoms with Gasteiger partial charge in [-0.3, -0.25) is 9.69 Å². The monoisotopic (exact) mass is 312 g/mol. The van der Waals surface area contributed by atoms with Gasteiger partial charge in [0.05, 0.1) is 13.7 Å². The Balaban J connectivity index is 1.96. The molecule has 0 aliphatic heterocycles. The predicted octanol–water partition coefficient (Wildman–Crippen LogP) is 3.72. The number of nitrogens with one attached hydrogen (secondary N) is 1. The second-order valence-electron chi connectivity index (χ2n) is 5.43. The predicted molar refractivity (Wildman–Crippen MR) is 93.7 cm³/mol. The molecule has 0 aliphatic rings. The van der Waals surface area contributed by atoms with E-state index in [4.69, 9.17) is 4.74 Å². The fourth-order valence-electron chi connectivity index (χ4n) is 2.52. The lowest BCUT2D eigenvalue weighted by molar-refractivity contribution is -0.117. The molecule has 0 saturated carbocycles. The van der Waals surface area contributed by atoms with E-state index in [0.717, 1.165) is 18.0 Å². The number of nitrogens with zero attached hydrogens (tertiary/aromatic N) is 1. The molecule has 1 atom stereocenters. The quantitative estimate of drug-likeness (QED) is 0.847. The van der Waals surface area contributed by atoms with Crippen LogP contribution >= 0.6 is 0 Å². The zero-order chi connectivity index (χ0) is 16.7. The fraction of sp³-hybridized carbons (Fsp3) is 0.316. The summed E-state index contributed by atoms with van der Waals surface area (Å²) in [6.07, 6.45) is 0. The molecule has 1 N–H and O–H groups in total. The molecule has 4 heteroatoms. The highest BCUT2D eigenvalue weighted by atomic mass is 16.5. The number of benzene rings is 2. The summed E-state index contributed by atoms with van der Waals surface area (Å²) in [5.74, 6) is 0.760. The van der Waals surface area contributed by atoms with Gasteiger partial charge in [-0.15, -0.1) is 0 Å². The molecule has 0 bridgehead atoms. The first-order valence-electron chi connectivity index (χ1n) is 7.87. The van der Waals surface area contributed by atoms with Crippen LogP contribution in [0.2, 0.25) is 0 Å². The van der Waals surface area contributed by atoms with Gasteiger partial charge in [-0.05, 0) is 43.3 Å². The van der Waals surface area contributed by atoms with Crippen LogP contribution in [0.25, 0.3) is 0 Å². The molecule has 0 fully saturated rings. The van der Waals surface area contributed by atoms with Gasteiger partial charge in [0.25, 0.3) is 0 Å². The number of carbonyl (C=O) groups is 1. The summed E-state index contributed by atoms with van der Waals surface area (Å²) < 4.78 is 5.12. The maximum Gasteiger partial charge on any atom is 0.238 e. The molecule has 0 radical (unpaired) electrons. The van der Waals surface area contributed by atoms with Gasteiger partial charge in [-0.2, -0.15) is 0 Å². The van der Waals surface area contributed by atoms with Crippen molar-refractivity contribution in [3.05, 3.63) is 60.2 Å². The minimum absolute atomic E-state index is 0.0141. The fourth-order valence-corrected chi connectivity index (χ4v) is 2.52. The average Bonchev–Trinajstić information content (AvgIpc) is 2.60. The largest absolute Gasteiger partial charge is 0.497 e. The van der Waals surface area contributed by atoms with Crippen LogP contribution in [0.3, 0.4) is 0 Å². The van der Waals surface area contributed by atoms with Crippen LogP contribution < -0.4 is 10.1 Å². The number of hydrogen-bond donors (Lipinski definition) is 1. The Bertz CT molecular complexity index is 611. The lowest BCUT2D eigenvalue weighted by atomic mass is 10.1. The van der Waals surface area contributed by atoms with E-state index in [-0.39, 0.29) is 11.9 Å². The molecule has 0 heterocycles. The van der Waals surface area contributed by atoms with Gasteiger partial charge in [0, 0.05) is 11.7 Å². The number of methoxy groups -OCH3 is 1. The first-order chi connectivity index (χ1) is 11.1. The highest BCUT2D eigenvalue weighted by molar-refractivity contribution is 5.92. The van der Waals surface area contributed by atoms with Crippen molar-refractivity contribution in [3.8, 4) is 5.75 Å². The van der Waals surface area contributed by atoms with E-state index >= 15 is 0 Å². The van der Waals surface area contributed by atoms with Crippen molar-refractivity contribution < 1.29 is 9.53 Å². The molecular formula is C19H24N2O2. The molecule has 0 aromatic heterocycles. The van der Waals surface area contributed by atoms with Crippen LogP contribution in [0.15, 0.2) is 54.6 Å². The van der Waals surface area contributed by atoms with E-state index in [1.807, 2.05) is 42.5 Å². The number of anilines is 1. The lowest BCUT2D eigenvalue weighted by Gasteiger charge is -2.27. The van der Waals surface area contributed by atoms with Crippen LogP contribution in [-0.2, 0) is 4.79 Å². The highest BCUT2D eigenvalue weighted by Crippen LogP contribution is 2.20. The van der Waals surface area contributed by atoms with Crippen molar-refractivity contribution in [3.63, 3.8) is 0 Å². The van der Waals surface area contributed by atoms with Gasteiger partial charge in [-0.1, -0.05) is 37.3 Å². The Labute approximate surface area is 138 Å². The van der Waals surface area contributed by atoms with Gasteiger partial charge < -0.3 is 10.1 Å². The Morgan fingerprint density at radius 1 is 1.13 bits per heavy atom. The third-order valence-corrected chi connectivity index (χ3v) is 3.96. The summed E-state index contributed by atoms with van der Waals surface area (Å²) in [5.41, 5.74) is 1.99. The van der Waals surface area contributed by atoms with Crippen molar-refractivity contribution in [2.24, 2.45) is 0 Å². The highest BCUT2D eigenvalue weighted by Gasteiger charge is 2.17. The Hall–Kier alpha value is -2.33. The number of hydrogen-bond acceptors (Lipinski definition) is 3. The summed E-state index contributed by atoms with van der Waals surface area (Å²) in [7, 11) is 1.62. The molecule has 0 saturated heterocycles. The van der Waals surface area contributed by atoms with Gasteiger partial charge in [0.15, 0.2) is 0 Å². The van der Waals surface area contributed by atoms with E-state index < -0.39 is 0 Å². The Morgan fingerprint density at radius 2 is 1.78 bits per heavy atom. The zero-order valence-corrected chi connectivity index (χ0v) is 14.0. The third-order valence-electron chi connectivity index (χ3n) is 3.96. The molecule has 0 spiro atoms. The summed E-state index contributed by atoms with van der Waals surface area (Å²) in [4.78, 5) is 14.4. The van der Waals surface area contributed by atoms with E-state index in [2.05, 4.69) is 36.2 Å². The molecule has 1 amide bonds. The van der Waals surface area contributed by atoms with Crippen molar-refractivity contribution in [1.82, 2.24) is 4.90 Å². The minimum atomic E-state index is -0.0141. The number of rotatable bonds is 7. The standard InChI is InChI=1S/C19H24N2O2/c1-4-21(15(2)16-8-6-5-7-9-16)14-19(22)20-17-10-12-18(23-3)13-11-17/h5-13,15H,4,14H2,1-3H3,(H,20,22)/t15-/m0/s1. The SMILES string of the molecule is CCN(CC(=O)Nc1ccc(OC)cc1)[C@@H](C)c1ccccc1. The molecule has 23 heavy (non-hydrogen) atoms. The van der Waals surface area contributed by atoms with E-state index in [0.29, 0.717) is 6.54 Å². The van der Waals surface area contributed by atoms with Crippen molar-refractivity contribution in [2.75, 3.05) is 25.5 Å². The maximum absolute atomic E-state index is 12.3. The number of ether oxygens (including phenoxy) is 1. The summed E-state index contributed by atoms with van der Waals surface area (Å²) in [5, 5.41) is 2.93. The number of likely N-dealkylation sites (N-methyl/N-ethyl adjacent to an activating group) is 1. The average molecular weight is 312 g/mol. The Morgan fingerprint density at radius 3 is 2.35 bits per heavy atom. The molecule has 4 nitrogen and oxygen atoms in total. The Kier molecular flexibility index (Phi) is 6.18. The summed E-state index contributed by atoms with van der Waals surface area (Å²) in [6.45, 7) is 5.37. The van der Waals surface area contributed by atoms with Gasteiger partial charge in [-0.25, -0.2) is 0 Å². The zero-order valence-electron chi connectivity index (χ0n) is 14.0. The number of carbonyl (C=O) groups excluding carboxylic acids is 1. The number of amides is 1. The molecule has 122 valence electrons. The molecule has 0 aliphatic carbocycles. The van der Waals surface area contributed by atoms with Crippen molar-refractivity contribution in [1.29, 1.82) is 0 Å². The van der Waals surface area contributed by atoms with Gasteiger partial charge in [0.1, 0.15) is 5.75 Å². The van der Waals surface area contributed by atoms with Gasteiger partial charge >= 0.3 is 0 Å². The first-order valence-corrected chi connectivity index (χ1v) is 7.87. The van der Waals surface area contributed by atoms with Gasteiger partial charge in [0.2, 0.25) is 5.91 Å². The van der Waals surface area contributed by atoms with Crippen LogP contribution in [0.1, 0.15) is 25.5 Å². The van der Waals surface area contributed by atoms with Crippen molar-refractivity contribution in [2.45, 2.75) is 19.9 Å². The second-order valence-corrected chi connectivity index (χ2v) is 5.43. The normalized spacial score (nSPS) is 12.0. The molecule has 2 aromatic carbocycles. The topological polar surface area (TPSA) is 41.6 Å². The van der Waals surface area contributed by atoms with Crippen LogP contribution in [-0.4, -0.2) is 31.0 Å². The minimum Gasteiger partial charge on any atom is -0.497 e. The summed E-state index contributed by atoms with van der Waals surface area (Å²) in [6, 6.07) is 17.8. The van der Waals surface area contributed by atoms with E-state index in [9.17, 15) is 4.79 Å². The first kappa shape index (κ1) is 17.0. The van der Waals surface area contributed by atoms with E-state index in [1.54, 1.807) is 7.11 Å². The summed E-state index contributed by atoms with van der Waals surface area (Å²) >= 11 is 0. The third kappa shape index (κ3) is 4.83. The molecular weight excluding hydrogens is 288 g/mol. The van der Waals surface area contributed by atoms with Crippen LogP contribution in [0.5, 0.6) is 5.75 Å². The molecule has 2 aromatic rings. The molecule has 0 unspecified atom stereocenters. The maximum atomic E-state index is 12.3. The van der Waals surface area contributed by atoms with Crippen LogP contribution in [0.4, 0.5) is 5.69 Å². The second kappa shape index (κ2) is 8.34. The lowest BCUT2D eigenvalue weighted by Crippen LogP contribution is -2.35. The molecule has 2 rings (SSSR count). The van der Waals surface area contributed by atoms with Crippen LogP contribution in [0, 0.1) is 0 Å². The smallest absolute Gasteiger partial charge is 0.238 e. The van der Waals surface area contributed by atoms with E-state index in [1.165, 1.54) is 5.56 Å². The van der Waals surface area contributed by atoms with Crippen molar-refractivity contribution >= 4 is 11.6 Å².